The van der Waals surface area contributed by atoms with Gasteiger partial charge in [0, 0.05) is 22.7 Å². The van der Waals surface area contributed by atoms with E-state index in [1.807, 2.05) is 0 Å². The van der Waals surface area contributed by atoms with Gasteiger partial charge >= 0.3 is 6.18 Å². The monoisotopic (exact) mass is 485 g/mol. The Bertz CT molecular complexity index is 1150. The number of benzene rings is 1. The summed E-state index contributed by atoms with van der Waals surface area (Å²) in [6.45, 7) is 6.60. The number of rotatable bonds is 2. The van der Waals surface area contributed by atoms with Gasteiger partial charge in [0.1, 0.15) is 6.10 Å². The van der Waals surface area contributed by atoms with Crippen molar-refractivity contribution in [3.63, 3.8) is 0 Å². The topological polar surface area (TPSA) is 42.4 Å². The van der Waals surface area contributed by atoms with Crippen LogP contribution in [0.1, 0.15) is 123 Å². The second-order valence-electron chi connectivity index (χ2n) is 12.1. The second kappa shape index (κ2) is 7.79. The summed E-state index contributed by atoms with van der Waals surface area (Å²) in [4.78, 5) is 5.25. The van der Waals surface area contributed by atoms with Crippen LogP contribution in [0.3, 0.4) is 0 Å². The van der Waals surface area contributed by atoms with Crippen molar-refractivity contribution in [1.29, 1.82) is 0 Å². The minimum Gasteiger partial charge on any atom is -0.388 e. The van der Waals surface area contributed by atoms with Crippen molar-refractivity contribution in [1.82, 2.24) is 4.98 Å². The van der Waals surface area contributed by atoms with Gasteiger partial charge < -0.3 is 9.84 Å². The molecule has 1 N–H and O–H groups in total. The third-order valence-corrected chi connectivity index (χ3v) is 9.13. The Morgan fingerprint density at radius 2 is 1.74 bits per heavy atom. The third kappa shape index (κ3) is 3.58. The Kier molecular flexibility index (Phi) is 5.22. The van der Waals surface area contributed by atoms with Crippen LogP contribution in [0, 0.1) is 11.3 Å². The van der Waals surface area contributed by atoms with Gasteiger partial charge in [0.05, 0.1) is 23.0 Å². The fraction of sp³-hybridized carbons (Fsp3) is 0.621. The zero-order valence-corrected chi connectivity index (χ0v) is 20.7. The van der Waals surface area contributed by atoms with E-state index in [2.05, 4.69) is 20.8 Å². The number of pyridine rings is 1. The molecule has 6 rings (SSSR count). The summed E-state index contributed by atoms with van der Waals surface area (Å²) < 4.78 is 46.8. The number of aliphatic hydroxyl groups excluding tert-OH is 1. The minimum atomic E-state index is -4.37. The second-order valence-corrected chi connectivity index (χ2v) is 12.1. The van der Waals surface area contributed by atoms with Crippen molar-refractivity contribution >= 4 is 0 Å². The molecular formula is C29H34F3NO2. The predicted octanol–water partition coefficient (Wildman–Crippen LogP) is 7.51. The average Bonchev–Trinajstić information content (AvgIpc) is 3.26. The molecule has 3 nitrogen and oxygen atoms in total. The zero-order chi connectivity index (χ0) is 24.8. The molecule has 2 aromatic rings. The number of hydrogen-bond donors (Lipinski definition) is 1. The quantitative estimate of drug-likeness (QED) is 0.479. The van der Waals surface area contributed by atoms with Gasteiger partial charge in [-0.1, -0.05) is 39.3 Å². The highest BCUT2D eigenvalue weighted by Crippen LogP contribution is 2.62. The molecule has 35 heavy (non-hydrogen) atoms. The zero-order valence-electron chi connectivity index (χ0n) is 20.7. The molecule has 2 saturated carbocycles. The van der Waals surface area contributed by atoms with E-state index in [0.717, 1.165) is 84.3 Å². The summed E-state index contributed by atoms with van der Waals surface area (Å²) in [5.74, 6) is 0.618. The first-order chi connectivity index (χ1) is 16.5. The molecule has 0 radical (unpaired) electrons. The Labute approximate surface area is 205 Å². The van der Waals surface area contributed by atoms with Crippen LogP contribution in [0.15, 0.2) is 24.3 Å². The summed E-state index contributed by atoms with van der Waals surface area (Å²) in [6.07, 6.45) is 2.33. The lowest BCUT2D eigenvalue weighted by Crippen LogP contribution is -2.34. The van der Waals surface area contributed by atoms with Gasteiger partial charge in [-0.05, 0) is 79.5 Å². The molecule has 6 heteroatoms. The lowest BCUT2D eigenvalue weighted by atomic mass is 9.68. The summed E-state index contributed by atoms with van der Waals surface area (Å²) in [5.41, 5.74) is 4.73. The Balaban J connectivity index is 1.59. The number of hydrogen-bond acceptors (Lipinski definition) is 3. The van der Waals surface area contributed by atoms with Gasteiger partial charge in [0.2, 0.25) is 0 Å². The molecule has 1 aromatic heterocycles. The molecule has 188 valence electrons. The van der Waals surface area contributed by atoms with Crippen LogP contribution in [-0.2, 0) is 22.9 Å². The first-order valence-electron chi connectivity index (χ1n) is 13.1. The average molecular weight is 486 g/mol. The van der Waals surface area contributed by atoms with Crippen molar-refractivity contribution < 1.29 is 23.0 Å². The number of aliphatic hydroxyl groups is 1. The van der Waals surface area contributed by atoms with Gasteiger partial charge in [-0.25, -0.2) is 0 Å². The summed E-state index contributed by atoms with van der Waals surface area (Å²) in [6, 6.07) is 5.46. The maximum absolute atomic E-state index is 13.3. The highest BCUT2D eigenvalue weighted by Gasteiger charge is 2.56. The molecule has 2 heterocycles. The van der Waals surface area contributed by atoms with Crippen LogP contribution in [0.5, 0.6) is 0 Å². The highest BCUT2D eigenvalue weighted by atomic mass is 19.4. The maximum atomic E-state index is 13.3. The molecule has 3 aliphatic carbocycles. The molecule has 0 bridgehead atoms. The molecule has 0 amide bonds. The minimum absolute atomic E-state index is 0.0364. The van der Waals surface area contributed by atoms with Crippen LogP contribution in [0.2, 0.25) is 0 Å². The van der Waals surface area contributed by atoms with Gasteiger partial charge in [0.15, 0.2) is 0 Å². The van der Waals surface area contributed by atoms with E-state index in [0.29, 0.717) is 12.3 Å². The first kappa shape index (κ1) is 23.5. The van der Waals surface area contributed by atoms with Crippen molar-refractivity contribution in [3.8, 4) is 0 Å². The standard InChI is InChI=1S/C29H34F3NO2/c1-16-6-5-13-28(16)24-22-20(14-27(2,3)15-21(22)34)33-25(17-7-4-8-17)23(24)26(35-28)18-9-11-19(12-10-18)29(30,31)32/h9-12,16-17,21,26,34H,4-8,13-15H2,1-3H3. The molecule has 4 aliphatic rings. The van der Waals surface area contributed by atoms with E-state index in [1.54, 1.807) is 12.1 Å². The molecular weight excluding hydrogens is 451 g/mol. The Morgan fingerprint density at radius 3 is 2.31 bits per heavy atom. The largest absolute Gasteiger partial charge is 0.416 e. The number of fused-ring (bicyclic) bond motifs is 4. The molecule has 4 atom stereocenters. The number of nitrogens with zero attached hydrogens (tertiary/aromatic N) is 1. The van der Waals surface area contributed by atoms with Crippen LogP contribution >= 0.6 is 0 Å². The number of ether oxygens (including phenoxy) is 1. The highest BCUT2D eigenvalue weighted by molar-refractivity contribution is 5.55. The fourth-order valence-electron chi connectivity index (χ4n) is 7.15. The van der Waals surface area contributed by atoms with Gasteiger partial charge in [-0.3, -0.25) is 4.98 Å². The smallest absolute Gasteiger partial charge is 0.388 e. The summed E-state index contributed by atoms with van der Waals surface area (Å²) in [7, 11) is 0. The normalized spacial score (nSPS) is 31.9. The molecule has 0 saturated heterocycles. The van der Waals surface area contributed by atoms with Gasteiger partial charge in [-0.2, -0.15) is 13.2 Å². The first-order valence-corrected chi connectivity index (χ1v) is 13.1. The van der Waals surface area contributed by atoms with Crippen molar-refractivity contribution in [2.45, 2.75) is 102 Å². The van der Waals surface area contributed by atoms with Crippen molar-refractivity contribution in [2.24, 2.45) is 11.3 Å². The van der Waals surface area contributed by atoms with E-state index in [-0.39, 0.29) is 11.3 Å². The third-order valence-electron chi connectivity index (χ3n) is 9.13. The van der Waals surface area contributed by atoms with E-state index in [4.69, 9.17) is 9.72 Å². The van der Waals surface area contributed by atoms with Crippen LogP contribution in [0.25, 0.3) is 0 Å². The molecule has 1 aromatic carbocycles. The molecule has 2 fully saturated rings. The number of alkyl halides is 3. The van der Waals surface area contributed by atoms with E-state index < -0.39 is 29.5 Å². The SMILES string of the molecule is CC1CCCC12OC(c1ccc(C(F)(F)F)cc1)c1c(C3CCC3)nc3c(c12)C(O)CC(C)(C)C3. The van der Waals surface area contributed by atoms with Crippen molar-refractivity contribution in [3.05, 3.63) is 63.5 Å². The number of aromatic nitrogens is 1. The molecule has 4 unspecified atom stereocenters. The molecule has 1 aliphatic heterocycles. The lowest BCUT2D eigenvalue weighted by Gasteiger charge is -2.40. The van der Waals surface area contributed by atoms with E-state index in [9.17, 15) is 18.3 Å². The van der Waals surface area contributed by atoms with E-state index >= 15 is 0 Å². The van der Waals surface area contributed by atoms with Crippen LogP contribution < -0.4 is 0 Å². The maximum Gasteiger partial charge on any atom is 0.416 e. The van der Waals surface area contributed by atoms with Crippen LogP contribution in [-0.4, -0.2) is 10.1 Å². The van der Waals surface area contributed by atoms with Gasteiger partial charge in [-0.15, -0.1) is 0 Å². The van der Waals surface area contributed by atoms with Crippen LogP contribution in [0.4, 0.5) is 13.2 Å². The summed E-state index contributed by atoms with van der Waals surface area (Å²) in [5, 5.41) is 11.5. The fourth-order valence-corrected chi connectivity index (χ4v) is 7.15. The Morgan fingerprint density at radius 1 is 1.03 bits per heavy atom. The predicted molar refractivity (Wildman–Crippen MR) is 127 cm³/mol. The Hall–Kier alpha value is -1.92. The van der Waals surface area contributed by atoms with Crippen molar-refractivity contribution in [2.75, 3.05) is 0 Å². The van der Waals surface area contributed by atoms with E-state index in [1.165, 1.54) is 6.42 Å². The van der Waals surface area contributed by atoms with Gasteiger partial charge in [0.25, 0.3) is 0 Å². The summed E-state index contributed by atoms with van der Waals surface area (Å²) >= 11 is 0. The molecule has 1 spiro atoms. The number of halogens is 3. The lowest BCUT2D eigenvalue weighted by molar-refractivity contribution is -0.137.